The van der Waals surface area contributed by atoms with Gasteiger partial charge >= 0.3 is 0 Å². The molecule has 0 atom stereocenters. The van der Waals surface area contributed by atoms with Crippen LogP contribution in [-0.4, -0.2) is 18.4 Å². The number of rotatable bonds is 1. The van der Waals surface area contributed by atoms with E-state index in [0.29, 0.717) is 0 Å². The zero-order valence-corrected chi connectivity index (χ0v) is 4.04. The van der Waals surface area contributed by atoms with E-state index in [1.807, 2.05) is 0 Å². The van der Waals surface area contributed by atoms with E-state index in [1.54, 1.807) is 0 Å². The molecule has 0 aliphatic rings. The molecule has 33 valence electrons. The normalized spacial score (nSPS) is 6.83. The van der Waals surface area contributed by atoms with Gasteiger partial charge in [-0.15, -0.1) is 0 Å². The lowest BCUT2D eigenvalue weighted by molar-refractivity contribution is 0.417. The van der Waals surface area contributed by atoms with Crippen molar-refractivity contribution in [2.45, 2.75) is 0 Å². The number of methoxy groups -OCH3 is 1. The van der Waals surface area contributed by atoms with Crippen LogP contribution in [0.2, 0.25) is 0 Å². The molecule has 0 heterocycles. The molecule has 0 spiro atoms. The summed E-state index contributed by atoms with van der Waals surface area (Å²) in [5, 5.41) is -0.130. The third-order valence-corrected chi connectivity index (χ3v) is 0.519. The van der Waals surface area contributed by atoms with Crippen LogP contribution in [0.5, 0.6) is 0 Å². The van der Waals surface area contributed by atoms with Gasteiger partial charge in [-0.2, -0.15) is 0 Å². The largest absolute Gasteiger partial charge is 0.484 e. The third kappa shape index (κ3) is 1.84. The van der Waals surface area contributed by atoms with Gasteiger partial charge in [-0.1, -0.05) is 0 Å². The summed E-state index contributed by atoms with van der Waals surface area (Å²) in [6, 6.07) is 0. The van der Waals surface area contributed by atoms with Crippen molar-refractivity contribution in [3.8, 4) is 0 Å². The van der Waals surface area contributed by atoms with Gasteiger partial charge in [-0.3, -0.25) is 4.79 Å². The topological polar surface area (TPSA) is 26.3 Å². The molecule has 0 aromatic carbocycles. The van der Waals surface area contributed by atoms with Gasteiger partial charge in [0.15, 0.2) is 0 Å². The second-order valence-electron chi connectivity index (χ2n) is 0.594. The summed E-state index contributed by atoms with van der Waals surface area (Å²) < 4.78 is 4.21. The van der Waals surface area contributed by atoms with Crippen molar-refractivity contribution < 1.29 is 9.53 Å². The monoisotopic (exact) mass is 103 g/mol. The average Bonchev–Trinajstić information content (AvgIpc) is 1.65. The van der Waals surface area contributed by atoms with E-state index in [2.05, 4.69) is 17.0 Å². The Hall–Kier alpha value is -0.440. The van der Waals surface area contributed by atoms with E-state index in [4.69, 9.17) is 0 Å². The molecule has 0 aromatic rings. The van der Waals surface area contributed by atoms with E-state index < -0.39 is 0 Å². The summed E-state index contributed by atoms with van der Waals surface area (Å²) in [5.41, 5.74) is 0. The molecule has 0 bridgehead atoms. The van der Waals surface area contributed by atoms with Gasteiger partial charge in [0.1, 0.15) is 0 Å². The highest BCUT2D eigenvalue weighted by Gasteiger charge is 1.84. The number of ether oxygens (including phenoxy) is 1. The standard InChI is InChI=1S/C3H3O2S/c1-5-3(6)2-4/h1H3. The van der Waals surface area contributed by atoms with Gasteiger partial charge < -0.3 is 4.74 Å². The lowest BCUT2D eigenvalue weighted by Crippen LogP contribution is -1.95. The average molecular weight is 103 g/mol. The van der Waals surface area contributed by atoms with Crippen LogP contribution >= 0.6 is 12.2 Å². The van der Waals surface area contributed by atoms with Gasteiger partial charge in [0.2, 0.25) is 5.05 Å². The van der Waals surface area contributed by atoms with E-state index in [0.717, 1.165) is 0 Å². The third-order valence-electron chi connectivity index (χ3n) is 0.269. The molecule has 0 saturated heterocycles. The van der Waals surface area contributed by atoms with Crippen molar-refractivity contribution in [3.05, 3.63) is 0 Å². The quantitative estimate of drug-likeness (QED) is 0.439. The fraction of sp³-hybridized carbons (Fsp3) is 0.333. The molecule has 3 heteroatoms. The van der Waals surface area contributed by atoms with E-state index in [-0.39, 0.29) is 5.05 Å². The predicted molar refractivity (Wildman–Crippen MR) is 25.3 cm³/mol. The Balaban J connectivity index is 3.23. The first-order valence-electron chi connectivity index (χ1n) is 1.27. The van der Waals surface area contributed by atoms with Crippen LogP contribution in [0, 0.1) is 0 Å². The number of thiocarbonyl (C=S) groups is 1. The lowest BCUT2D eigenvalue weighted by Gasteiger charge is -1.83. The fourth-order valence-corrected chi connectivity index (χ4v) is 0.0417. The van der Waals surface area contributed by atoms with Crippen molar-refractivity contribution in [2.75, 3.05) is 7.11 Å². The highest BCUT2D eigenvalue weighted by Crippen LogP contribution is 1.66. The first kappa shape index (κ1) is 5.56. The van der Waals surface area contributed by atoms with Crippen LogP contribution in [-0.2, 0) is 9.53 Å². The minimum absolute atomic E-state index is 0.130. The number of hydrogen-bond acceptors (Lipinski definition) is 3. The van der Waals surface area contributed by atoms with Gasteiger partial charge in [0, 0.05) is 0 Å². The molecule has 1 radical (unpaired) electrons. The molecule has 0 fully saturated rings. The zero-order chi connectivity index (χ0) is 4.99. The van der Waals surface area contributed by atoms with Crippen LogP contribution < -0.4 is 0 Å². The summed E-state index contributed by atoms with van der Waals surface area (Å²) in [7, 11) is 1.33. The highest BCUT2D eigenvalue weighted by atomic mass is 32.1. The van der Waals surface area contributed by atoms with Gasteiger partial charge in [-0.25, -0.2) is 0 Å². The Morgan fingerprint density at radius 1 is 2.00 bits per heavy atom. The van der Waals surface area contributed by atoms with Crippen LogP contribution in [0.25, 0.3) is 0 Å². The maximum absolute atomic E-state index is 9.34. The van der Waals surface area contributed by atoms with Gasteiger partial charge in [0.25, 0.3) is 6.29 Å². The first-order valence-corrected chi connectivity index (χ1v) is 1.68. The van der Waals surface area contributed by atoms with Crippen molar-refractivity contribution in [1.82, 2.24) is 0 Å². The number of carbonyl (C=O) groups excluding carboxylic acids is 1. The smallest absolute Gasteiger partial charge is 0.283 e. The molecule has 0 rings (SSSR count). The van der Waals surface area contributed by atoms with Crippen LogP contribution in [0.15, 0.2) is 0 Å². The van der Waals surface area contributed by atoms with Crippen molar-refractivity contribution >= 4 is 23.6 Å². The highest BCUT2D eigenvalue weighted by molar-refractivity contribution is 7.81. The fourth-order valence-electron chi connectivity index (χ4n) is 0.0417. The molecule has 0 amide bonds. The second kappa shape index (κ2) is 2.78. The van der Waals surface area contributed by atoms with Gasteiger partial charge in [0.05, 0.1) is 7.11 Å². The molecule has 6 heavy (non-hydrogen) atoms. The Bertz CT molecular complexity index is 69.2. The Kier molecular flexibility index (Phi) is 2.58. The molecule has 0 saturated carbocycles. The Labute approximate surface area is 41.1 Å². The molecular weight excluding hydrogens is 100 g/mol. The summed E-state index contributed by atoms with van der Waals surface area (Å²) in [5.74, 6) is 0. The minimum atomic E-state index is -0.130. The molecule has 0 aliphatic carbocycles. The Morgan fingerprint density at radius 2 is 2.50 bits per heavy atom. The summed E-state index contributed by atoms with van der Waals surface area (Å²) in [6.45, 7) is 0. The van der Waals surface area contributed by atoms with E-state index in [9.17, 15) is 4.79 Å². The Morgan fingerprint density at radius 3 is 2.50 bits per heavy atom. The van der Waals surface area contributed by atoms with E-state index in [1.165, 1.54) is 13.4 Å². The summed E-state index contributed by atoms with van der Waals surface area (Å²) in [4.78, 5) is 9.34. The molecular formula is C3H3O2S. The summed E-state index contributed by atoms with van der Waals surface area (Å²) in [6.07, 6.45) is 1.37. The first-order chi connectivity index (χ1) is 2.81. The zero-order valence-electron chi connectivity index (χ0n) is 3.22. The van der Waals surface area contributed by atoms with Crippen LogP contribution in [0.3, 0.4) is 0 Å². The van der Waals surface area contributed by atoms with Crippen molar-refractivity contribution in [2.24, 2.45) is 0 Å². The number of hydrogen-bond donors (Lipinski definition) is 0. The van der Waals surface area contributed by atoms with Crippen LogP contribution in [0.4, 0.5) is 0 Å². The second-order valence-corrected chi connectivity index (χ2v) is 0.964. The minimum Gasteiger partial charge on any atom is -0.484 e. The predicted octanol–water partition coefficient (Wildman–Crippen LogP) is 0.0699. The molecule has 2 nitrogen and oxygen atoms in total. The van der Waals surface area contributed by atoms with Crippen molar-refractivity contribution in [1.29, 1.82) is 0 Å². The molecule has 0 unspecified atom stereocenters. The maximum atomic E-state index is 9.34. The SMILES string of the molecule is COC(=S)[C]=O. The van der Waals surface area contributed by atoms with Crippen molar-refractivity contribution in [3.63, 3.8) is 0 Å². The summed E-state index contributed by atoms with van der Waals surface area (Å²) >= 11 is 4.21. The van der Waals surface area contributed by atoms with Gasteiger partial charge in [-0.05, 0) is 12.2 Å². The molecule has 0 N–H and O–H groups in total. The van der Waals surface area contributed by atoms with E-state index >= 15 is 0 Å². The van der Waals surface area contributed by atoms with Crippen LogP contribution in [0.1, 0.15) is 0 Å². The lowest BCUT2D eigenvalue weighted by atomic mass is 10.8. The maximum Gasteiger partial charge on any atom is 0.283 e. The molecule has 0 aromatic heterocycles. The molecule has 0 aliphatic heterocycles.